The lowest BCUT2D eigenvalue weighted by molar-refractivity contribution is -0.111. The van der Waals surface area contributed by atoms with Crippen molar-refractivity contribution < 1.29 is 23.5 Å². The molecule has 0 spiro atoms. The third kappa shape index (κ3) is 4.63. The van der Waals surface area contributed by atoms with Crippen LogP contribution in [0.15, 0.2) is 17.0 Å². The van der Waals surface area contributed by atoms with Crippen LogP contribution in [0, 0.1) is 17.6 Å². The SMILES string of the molecule is CC(C)CCC(=O)Sc1cc(C(=O)O)c(F)cc1F. The van der Waals surface area contributed by atoms with Gasteiger partial charge < -0.3 is 5.11 Å². The Morgan fingerprint density at radius 1 is 1.26 bits per heavy atom. The molecule has 0 amide bonds. The normalized spacial score (nSPS) is 10.8. The van der Waals surface area contributed by atoms with Gasteiger partial charge in [0, 0.05) is 12.5 Å². The first-order valence-electron chi connectivity index (χ1n) is 5.74. The van der Waals surface area contributed by atoms with Crippen LogP contribution < -0.4 is 0 Å². The van der Waals surface area contributed by atoms with Crippen molar-refractivity contribution in [3.8, 4) is 0 Å². The van der Waals surface area contributed by atoms with E-state index in [9.17, 15) is 18.4 Å². The van der Waals surface area contributed by atoms with Gasteiger partial charge in [-0.3, -0.25) is 4.79 Å². The van der Waals surface area contributed by atoms with Crippen LogP contribution in [0.4, 0.5) is 8.78 Å². The molecule has 1 aromatic carbocycles. The highest BCUT2D eigenvalue weighted by atomic mass is 32.2. The van der Waals surface area contributed by atoms with Gasteiger partial charge in [-0.25, -0.2) is 13.6 Å². The molecule has 19 heavy (non-hydrogen) atoms. The largest absolute Gasteiger partial charge is 0.478 e. The van der Waals surface area contributed by atoms with E-state index in [2.05, 4.69) is 0 Å². The number of benzene rings is 1. The summed E-state index contributed by atoms with van der Waals surface area (Å²) in [6, 6.07) is 1.34. The van der Waals surface area contributed by atoms with E-state index in [4.69, 9.17) is 5.11 Å². The van der Waals surface area contributed by atoms with Crippen LogP contribution in [0.3, 0.4) is 0 Å². The van der Waals surface area contributed by atoms with Crippen molar-refractivity contribution in [2.24, 2.45) is 5.92 Å². The van der Waals surface area contributed by atoms with Crippen LogP contribution in [-0.2, 0) is 4.79 Å². The average molecular weight is 288 g/mol. The van der Waals surface area contributed by atoms with Crippen molar-refractivity contribution in [2.75, 3.05) is 0 Å². The third-order valence-electron chi connectivity index (χ3n) is 2.40. The number of carbonyl (C=O) groups is 2. The Balaban J connectivity index is 2.86. The highest BCUT2D eigenvalue weighted by Gasteiger charge is 2.17. The zero-order valence-electron chi connectivity index (χ0n) is 10.6. The molecule has 1 N–H and O–H groups in total. The molecule has 0 bridgehead atoms. The molecule has 0 saturated heterocycles. The van der Waals surface area contributed by atoms with Gasteiger partial charge in [0.2, 0.25) is 0 Å². The van der Waals surface area contributed by atoms with E-state index in [1.165, 1.54) is 0 Å². The minimum atomic E-state index is -1.49. The van der Waals surface area contributed by atoms with E-state index in [0.717, 1.165) is 6.07 Å². The number of halogens is 2. The molecular formula is C13H14F2O3S. The second-order valence-electron chi connectivity index (χ2n) is 4.47. The van der Waals surface area contributed by atoms with E-state index in [0.29, 0.717) is 30.2 Å². The van der Waals surface area contributed by atoms with Gasteiger partial charge in [-0.05, 0) is 30.2 Å². The summed E-state index contributed by atoms with van der Waals surface area (Å²) in [6.45, 7) is 3.91. The minimum Gasteiger partial charge on any atom is -0.478 e. The molecule has 3 nitrogen and oxygen atoms in total. The molecule has 0 aliphatic rings. The maximum absolute atomic E-state index is 13.4. The Bertz CT molecular complexity index is 501. The predicted octanol–water partition coefficient (Wildman–Crippen LogP) is 3.72. The highest BCUT2D eigenvalue weighted by Crippen LogP contribution is 2.27. The topological polar surface area (TPSA) is 54.4 Å². The van der Waals surface area contributed by atoms with Crippen molar-refractivity contribution in [3.05, 3.63) is 29.3 Å². The first-order chi connectivity index (χ1) is 8.81. The van der Waals surface area contributed by atoms with E-state index in [-0.39, 0.29) is 16.4 Å². The predicted molar refractivity (Wildman–Crippen MR) is 68.3 cm³/mol. The molecule has 104 valence electrons. The van der Waals surface area contributed by atoms with Crippen LogP contribution in [0.5, 0.6) is 0 Å². The maximum Gasteiger partial charge on any atom is 0.338 e. The molecule has 0 fully saturated rings. The molecular weight excluding hydrogens is 274 g/mol. The van der Waals surface area contributed by atoms with Crippen LogP contribution >= 0.6 is 11.8 Å². The van der Waals surface area contributed by atoms with Gasteiger partial charge >= 0.3 is 5.97 Å². The molecule has 0 heterocycles. The molecule has 0 aromatic heterocycles. The van der Waals surface area contributed by atoms with Gasteiger partial charge in [0.05, 0.1) is 10.5 Å². The summed E-state index contributed by atoms with van der Waals surface area (Å²) in [5, 5.41) is 8.47. The first-order valence-corrected chi connectivity index (χ1v) is 6.56. The number of carbonyl (C=O) groups excluding carboxylic acids is 1. The number of hydrogen-bond acceptors (Lipinski definition) is 3. The van der Waals surface area contributed by atoms with Gasteiger partial charge in [0.15, 0.2) is 5.12 Å². The molecule has 0 aliphatic carbocycles. The van der Waals surface area contributed by atoms with Gasteiger partial charge in [-0.2, -0.15) is 0 Å². The first kappa shape index (κ1) is 15.6. The number of hydrogen-bond donors (Lipinski definition) is 1. The second-order valence-corrected chi connectivity index (χ2v) is 5.57. The summed E-state index contributed by atoms with van der Waals surface area (Å²) in [5.74, 6) is -3.22. The van der Waals surface area contributed by atoms with Crippen molar-refractivity contribution in [2.45, 2.75) is 31.6 Å². The van der Waals surface area contributed by atoms with Crippen LogP contribution in [0.2, 0.25) is 0 Å². The standard InChI is InChI=1S/C13H14F2O3S/c1-7(2)3-4-12(16)19-11-5-8(13(17)18)9(14)6-10(11)15/h5-7H,3-4H2,1-2H3,(H,17,18). The van der Waals surface area contributed by atoms with Crippen LogP contribution in [-0.4, -0.2) is 16.2 Å². The van der Waals surface area contributed by atoms with Crippen molar-refractivity contribution in [1.82, 2.24) is 0 Å². The molecule has 0 aliphatic heterocycles. The maximum atomic E-state index is 13.4. The number of aromatic carboxylic acids is 1. The van der Waals surface area contributed by atoms with E-state index < -0.39 is 23.2 Å². The highest BCUT2D eigenvalue weighted by molar-refractivity contribution is 8.13. The van der Waals surface area contributed by atoms with Crippen molar-refractivity contribution in [3.63, 3.8) is 0 Å². The Labute approximate surface area is 114 Å². The van der Waals surface area contributed by atoms with Gasteiger partial charge in [0.25, 0.3) is 0 Å². The molecule has 6 heteroatoms. The zero-order chi connectivity index (χ0) is 14.6. The average Bonchev–Trinajstić information content (AvgIpc) is 2.29. The number of carboxylic acid groups (broad SMARTS) is 1. The lowest BCUT2D eigenvalue weighted by Gasteiger charge is -2.06. The molecule has 0 radical (unpaired) electrons. The summed E-state index contributed by atoms with van der Waals surface area (Å²) in [7, 11) is 0. The van der Waals surface area contributed by atoms with Crippen LogP contribution in [0.1, 0.15) is 37.0 Å². The summed E-state index contributed by atoms with van der Waals surface area (Å²) < 4.78 is 26.6. The zero-order valence-corrected chi connectivity index (χ0v) is 11.4. The Kier molecular flexibility index (Phi) is 5.47. The monoisotopic (exact) mass is 288 g/mol. The smallest absolute Gasteiger partial charge is 0.338 e. The van der Waals surface area contributed by atoms with Gasteiger partial charge in [-0.1, -0.05) is 13.8 Å². The summed E-state index contributed by atoms with van der Waals surface area (Å²) in [4.78, 5) is 22.2. The van der Waals surface area contributed by atoms with Crippen molar-refractivity contribution in [1.29, 1.82) is 0 Å². The fourth-order valence-electron chi connectivity index (χ4n) is 1.35. The van der Waals surface area contributed by atoms with E-state index in [1.807, 2.05) is 13.8 Å². The molecule has 0 unspecified atom stereocenters. The Morgan fingerprint density at radius 3 is 2.42 bits per heavy atom. The summed E-state index contributed by atoms with van der Waals surface area (Å²) in [6.07, 6.45) is 0.933. The van der Waals surface area contributed by atoms with Crippen LogP contribution in [0.25, 0.3) is 0 Å². The van der Waals surface area contributed by atoms with Gasteiger partial charge in [0.1, 0.15) is 11.6 Å². The Morgan fingerprint density at radius 2 is 1.89 bits per heavy atom. The second kappa shape index (κ2) is 6.65. The minimum absolute atomic E-state index is 0.160. The lowest BCUT2D eigenvalue weighted by Crippen LogP contribution is -2.03. The van der Waals surface area contributed by atoms with Gasteiger partial charge in [-0.15, -0.1) is 0 Å². The number of carboxylic acids is 1. The number of thioether (sulfide) groups is 1. The fraction of sp³-hybridized carbons (Fsp3) is 0.385. The molecule has 0 saturated carbocycles. The quantitative estimate of drug-likeness (QED) is 0.839. The number of rotatable bonds is 5. The molecule has 1 rings (SSSR count). The third-order valence-corrected chi connectivity index (χ3v) is 3.37. The summed E-state index contributed by atoms with van der Waals surface area (Å²) in [5.41, 5.74) is -0.638. The molecule has 1 aromatic rings. The lowest BCUT2D eigenvalue weighted by atomic mass is 10.1. The molecule has 0 atom stereocenters. The van der Waals surface area contributed by atoms with E-state index >= 15 is 0 Å². The summed E-state index contributed by atoms with van der Waals surface area (Å²) >= 11 is 0.609. The Hall–Kier alpha value is -1.43. The van der Waals surface area contributed by atoms with E-state index in [1.54, 1.807) is 0 Å². The van der Waals surface area contributed by atoms with Crippen molar-refractivity contribution >= 4 is 22.8 Å². The fourth-order valence-corrected chi connectivity index (χ4v) is 2.15.